The number of carbonyl (C=O) groups is 2. The van der Waals surface area contributed by atoms with E-state index in [4.69, 9.17) is 11.6 Å². The van der Waals surface area contributed by atoms with Crippen molar-refractivity contribution in [2.24, 2.45) is 0 Å². The number of amides is 1. The minimum atomic E-state index is -4.67. The summed E-state index contributed by atoms with van der Waals surface area (Å²) in [5, 5.41) is 2.75. The molecule has 0 radical (unpaired) electrons. The molecular weight excluding hydrogens is 445 g/mol. The van der Waals surface area contributed by atoms with E-state index >= 15 is 0 Å². The lowest BCUT2D eigenvalue weighted by Gasteiger charge is -2.09. The van der Waals surface area contributed by atoms with E-state index in [1.165, 1.54) is 30.5 Å². The molecule has 3 rings (SSSR count). The second-order valence-corrected chi connectivity index (χ2v) is 6.81. The molecule has 0 aliphatic rings. The van der Waals surface area contributed by atoms with Crippen LogP contribution in [0.2, 0.25) is 5.02 Å². The third-order valence-corrected chi connectivity index (χ3v) is 4.48. The number of esters is 1. The highest BCUT2D eigenvalue weighted by molar-refractivity contribution is 6.34. The predicted molar refractivity (Wildman–Crippen MR) is 112 cm³/mol. The number of aromatic nitrogens is 1. The first-order valence-electron chi connectivity index (χ1n) is 9.02. The number of carbonyl (C=O) groups excluding carboxylic acids is 2. The Morgan fingerprint density at radius 2 is 1.78 bits per heavy atom. The van der Waals surface area contributed by atoms with Gasteiger partial charge in [0.1, 0.15) is 5.82 Å². The van der Waals surface area contributed by atoms with Gasteiger partial charge < -0.3 is 10.1 Å². The average Bonchev–Trinajstić information content (AvgIpc) is 2.77. The van der Waals surface area contributed by atoms with Crippen molar-refractivity contribution >= 4 is 29.3 Å². The highest BCUT2D eigenvalue weighted by Gasteiger charge is 2.31. The average molecular weight is 459 g/mol. The van der Waals surface area contributed by atoms with Gasteiger partial charge in [-0.25, -0.2) is 9.78 Å². The van der Waals surface area contributed by atoms with Gasteiger partial charge in [-0.15, -0.1) is 0 Å². The molecule has 0 spiro atoms. The lowest BCUT2D eigenvalue weighted by Crippen LogP contribution is -2.13. The number of ether oxygens (including phenoxy) is 1. The quantitative estimate of drug-likeness (QED) is 0.433. The standard InChI is InChI=1S/C23H14ClF3N2O3/c1-32-22(31)16-10-15(11-17(13-16)23(25,26)27)6-5-14-7-8-19(24)18(12-14)21(30)29-20-4-2-3-9-28-20/h2-4,7-13H,1H3,(H,28,29,30). The molecule has 1 heterocycles. The Balaban J connectivity index is 1.94. The van der Waals surface area contributed by atoms with E-state index in [1.54, 1.807) is 18.2 Å². The van der Waals surface area contributed by atoms with E-state index in [0.29, 0.717) is 17.4 Å². The summed E-state index contributed by atoms with van der Waals surface area (Å²) in [5.74, 6) is 4.15. The van der Waals surface area contributed by atoms with Crippen LogP contribution in [0.4, 0.5) is 19.0 Å². The smallest absolute Gasteiger partial charge is 0.416 e. The zero-order chi connectivity index (χ0) is 23.3. The van der Waals surface area contributed by atoms with Crippen LogP contribution >= 0.6 is 11.6 Å². The molecule has 162 valence electrons. The van der Waals surface area contributed by atoms with E-state index in [-0.39, 0.29) is 21.7 Å². The SMILES string of the molecule is COC(=O)c1cc(C#Cc2ccc(Cl)c(C(=O)Nc3ccccn3)c2)cc(C(F)(F)F)c1. The normalized spacial score (nSPS) is 10.7. The minimum absolute atomic E-state index is 0.0466. The van der Waals surface area contributed by atoms with Crippen molar-refractivity contribution in [3.63, 3.8) is 0 Å². The highest BCUT2D eigenvalue weighted by Crippen LogP contribution is 2.31. The molecule has 5 nitrogen and oxygen atoms in total. The number of anilines is 1. The summed E-state index contributed by atoms with van der Waals surface area (Å²) < 4.78 is 44.0. The molecule has 32 heavy (non-hydrogen) atoms. The Hall–Kier alpha value is -3.83. The van der Waals surface area contributed by atoms with Crippen LogP contribution in [0, 0.1) is 11.8 Å². The van der Waals surface area contributed by atoms with Crippen molar-refractivity contribution in [2.75, 3.05) is 12.4 Å². The Labute approximate surface area is 186 Å². The number of rotatable bonds is 3. The molecule has 0 saturated carbocycles. The minimum Gasteiger partial charge on any atom is -0.465 e. The molecule has 1 N–H and O–H groups in total. The van der Waals surface area contributed by atoms with Gasteiger partial charge in [-0.3, -0.25) is 4.79 Å². The predicted octanol–water partition coefficient (Wildman–Crippen LogP) is 5.19. The third kappa shape index (κ3) is 5.65. The zero-order valence-electron chi connectivity index (χ0n) is 16.5. The van der Waals surface area contributed by atoms with Gasteiger partial charge in [-0.05, 0) is 48.5 Å². The summed E-state index contributed by atoms with van der Waals surface area (Å²) in [5.41, 5.74) is -0.912. The summed E-state index contributed by atoms with van der Waals surface area (Å²) in [6.07, 6.45) is -3.16. The maximum absolute atomic E-state index is 13.2. The molecule has 0 aliphatic carbocycles. The van der Waals surface area contributed by atoms with Gasteiger partial charge in [0.2, 0.25) is 0 Å². The number of methoxy groups -OCH3 is 1. The van der Waals surface area contributed by atoms with Gasteiger partial charge in [0.25, 0.3) is 5.91 Å². The molecule has 9 heteroatoms. The van der Waals surface area contributed by atoms with Crippen molar-refractivity contribution in [3.8, 4) is 11.8 Å². The number of alkyl halides is 3. The molecule has 0 saturated heterocycles. The van der Waals surface area contributed by atoms with Crippen LogP contribution in [-0.2, 0) is 10.9 Å². The Morgan fingerprint density at radius 3 is 2.44 bits per heavy atom. The number of hydrogen-bond donors (Lipinski definition) is 1. The molecule has 2 aromatic carbocycles. The Morgan fingerprint density at radius 1 is 1.03 bits per heavy atom. The van der Waals surface area contributed by atoms with Crippen LogP contribution < -0.4 is 5.32 Å². The molecule has 0 bridgehead atoms. The highest BCUT2D eigenvalue weighted by atomic mass is 35.5. The van der Waals surface area contributed by atoms with Crippen molar-refractivity contribution in [3.05, 3.63) is 93.6 Å². The first kappa shape index (κ1) is 22.8. The van der Waals surface area contributed by atoms with Gasteiger partial charge in [-0.2, -0.15) is 13.2 Å². The van der Waals surface area contributed by atoms with E-state index in [0.717, 1.165) is 13.2 Å². The van der Waals surface area contributed by atoms with Gasteiger partial charge in [0, 0.05) is 17.3 Å². The first-order chi connectivity index (χ1) is 15.2. The number of benzene rings is 2. The Bertz CT molecular complexity index is 1230. The van der Waals surface area contributed by atoms with Crippen molar-refractivity contribution in [2.45, 2.75) is 6.18 Å². The molecular formula is C23H14ClF3N2O3. The van der Waals surface area contributed by atoms with E-state index < -0.39 is 23.6 Å². The van der Waals surface area contributed by atoms with Crippen LogP contribution in [0.1, 0.15) is 37.4 Å². The van der Waals surface area contributed by atoms with E-state index in [9.17, 15) is 22.8 Å². The third-order valence-electron chi connectivity index (χ3n) is 4.15. The monoisotopic (exact) mass is 458 g/mol. The molecule has 0 aliphatic heterocycles. The maximum atomic E-state index is 13.2. The molecule has 1 amide bonds. The molecule has 3 aromatic rings. The van der Waals surface area contributed by atoms with E-state index in [1.807, 2.05) is 0 Å². The lowest BCUT2D eigenvalue weighted by atomic mass is 10.0. The summed E-state index contributed by atoms with van der Waals surface area (Å²) in [4.78, 5) is 28.2. The fraction of sp³-hybridized carbons (Fsp3) is 0.0870. The van der Waals surface area contributed by atoms with Crippen LogP contribution in [0.3, 0.4) is 0 Å². The van der Waals surface area contributed by atoms with Crippen LogP contribution in [0.25, 0.3) is 0 Å². The second-order valence-electron chi connectivity index (χ2n) is 6.40. The Kier molecular flexibility index (Phi) is 6.81. The first-order valence-corrected chi connectivity index (χ1v) is 9.40. The van der Waals surface area contributed by atoms with E-state index in [2.05, 4.69) is 26.9 Å². The van der Waals surface area contributed by atoms with Gasteiger partial charge in [-0.1, -0.05) is 29.5 Å². The molecule has 0 fully saturated rings. The fourth-order valence-electron chi connectivity index (χ4n) is 2.64. The van der Waals surface area contributed by atoms with Crippen molar-refractivity contribution in [1.29, 1.82) is 0 Å². The molecule has 0 atom stereocenters. The topological polar surface area (TPSA) is 68.3 Å². The second kappa shape index (κ2) is 9.54. The largest absolute Gasteiger partial charge is 0.465 e. The summed E-state index contributed by atoms with van der Waals surface area (Å²) in [7, 11) is 1.07. The van der Waals surface area contributed by atoms with Crippen molar-refractivity contribution < 1.29 is 27.5 Å². The summed E-state index contributed by atoms with van der Waals surface area (Å²) in [6.45, 7) is 0. The fourth-order valence-corrected chi connectivity index (χ4v) is 2.84. The number of pyridine rings is 1. The van der Waals surface area contributed by atoms with Gasteiger partial charge in [0.05, 0.1) is 28.8 Å². The van der Waals surface area contributed by atoms with Crippen LogP contribution in [-0.4, -0.2) is 24.0 Å². The summed E-state index contributed by atoms with van der Waals surface area (Å²) >= 11 is 6.11. The number of nitrogens with one attached hydrogen (secondary N) is 1. The number of hydrogen-bond acceptors (Lipinski definition) is 4. The maximum Gasteiger partial charge on any atom is 0.416 e. The molecule has 0 unspecified atom stereocenters. The molecule has 1 aromatic heterocycles. The van der Waals surface area contributed by atoms with Crippen molar-refractivity contribution in [1.82, 2.24) is 4.98 Å². The zero-order valence-corrected chi connectivity index (χ0v) is 17.2. The number of nitrogens with zero attached hydrogens (tertiary/aromatic N) is 1. The summed E-state index contributed by atoms with van der Waals surface area (Å²) in [6, 6.07) is 12.1. The lowest BCUT2D eigenvalue weighted by molar-refractivity contribution is -0.137. The number of halogens is 4. The van der Waals surface area contributed by atoms with Crippen LogP contribution in [0.5, 0.6) is 0 Å². The van der Waals surface area contributed by atoms with Gasteiger partial charge >= 0.3 is 12.1 Å². The van der Waals surface area contributed by atoms with Crippen LogP contribution in [0.15, 0.2) is 60.8 Å². The van der Waals surface area contributed by atoms with Gasteiger partial charge in [0.15, 0.2) is 0 Å².